The number of hydrogen-bond donors (Lipinski definition) is 1. The lowest BCUT2D eigenvalue weighted by molar-refractivity contribution is 0.0536. The van der Waals surface area contributed by atoms with Crippen LogP contribution in [0.25, 0.3) is 0 Å². The van der Waals surface area contributed by atoms with Gasteiger partial charge in [-0.2, -0.15) is 0 Å². The second-order valence-corrected chi connectivity index (χ2v) is 7.02. The first-order valence-corrected chi connectivity index (χ1v) is 8.84. The molecule has 2 heterocycles. The van der Waals surface area contributed by atoms with E-state index < -0.39 is 0 Å². The number of piperazine rings is 1. The van der Waals surface area contributed by atoms with E-state index >= 15 is 0 Å². The molecule has 0 aromatic carbocycles. The number of nitrogens with one attached hydrogen (secondary N) is 1. The second-order valence-electron chi connectivity index (χ2n) is 7.02. The molecule has 1 atom stereocenters. The molecule has 0 aliphatic carbocycles. The van der Waals surface area contributed by atoms with E-state index in [0.717, 1.165) is 12.5 Å². The molecule has 3 nitrogen and oxygen atoms in total. The molecule has 0 aromatic heterocycles. The Balaban J connectivity index is 1.87. The van der Waals surface area contributed by atoms with Crippen molar-refractivity contribution in [2.24, 2.45) is 5.92 Å². The van der Waals surface area contributed by atoms with Gasteiger partial charge in [0.15, 0.2) is 0 Å². The molecule has 118 valence electrons. The highest BCUT2D eigenvalue weighted by Crippen LogP contribution is 2.26. The minimum Gasteiger partial charge on any atom is -0.308 e. The maximum absolute atomic E-state index is 3.82. The van der Waals surface area contributed by atoms with Crippen molar-refractivity contribution >= 4 is 0 Å². The topological polar surface area (TPSA) is 18.5 Å². The molecule has 0 radical (unpaired) electrons. The number of piperidine rings is 1. The van der Waals surface area contributed by atoms with Gasteiger partial charge >= 0.3 is 0 Å². The first kappa shape index (κ1) is 16.3. The van der Waals surface area contributed by atoms with Crippen molar-refractivity contribution in [3.63, 3.8) is 0 Å². The van der Waals surface area contributed by atoms with Gasteiger partial charge in [-0.25, -0.2) is 0 Å². The maximum atomic E-state index is 3.82. The van der Waals surface area contributed by atoms with Crippen LogP contribution in [0.15, 0.2) is 0 Å². The highest BCUT2D eigenvalue weighted by molar-refractivity contribution is 4.96. The third kappa shape index (κ3) is 3.75. The van der Waals surface area contributed by atoms with Gasteiger partial charge in [-0.15, -0.1) is 0 Å². The summed E-state index contributed by atoms with van der Waals surface area (Å²) in [6, 6.07) is 0.699. The Labute approximate surface area is 126 Å². The van der Waals surface area contributed by atoms with Gasteiger partial charge in [0, 0.05) is 31.2 Å². The van der Waals surface area contributed by atoms with Crippen LogP contribution in [0.1, 0.15) is 53.4 Å². The van der Waals surface area contributed by atoms with Gasteiger partial charge < -0.3 is 10.2 Å². The third-order valence-electron chi connectivity index (χ3n) is 5.90. The third-order valence-corrected chi connectivity index (χ3v) is 5.90. The van der Waals surface area contributed by atoms with E-state index in [4.69, 9.17) is 0 Å². The van der Waals surface area contributed by atoms with E-state index in [1.807, 2.05) is 0 Å². The molecular formula is C17H35N3. The summed E-state index contributed by atoms with van der Waals surface area (Å²) in [5.41, 5.74) is 0.372. The minimum atomic E-state index is 0.372. The zero-order valence-corrected chi connectivity index (χ0v) is 14.1. The molecule has 2 saturated heterocycles. The average molecular weight is 281 g/mol. The Bertz CT molecular complexity index is 280. The predicted octanol–water partition coefficient (Wildman–Crippen LogP) is 2.57. The predicted molar refractivity (Wildman–Crippen MR) is 87.2 cm³/mol. The van der Waals surface area contributed by atoms with Gasteiger partial charge in [-0.3, -0.25) is 4.90 Å². The molecule has 2 fully saturated rings. The number of nitrogens with zero attached hydrogens (tertiary/aromatic N) is 2. The zero-order valence-electron chi connectivity index (χ0n) is 14.1. The molecule has 20 heavy (non-hydrogen) atoms. The van der Waals surface area contributed by atoms with Crippen LogP contribution in [0, 0.1) is 5.92 Å². The number of hydrogen-bond acceptors (Lipinski definition) is 3. The molecule has 0 aromatic rings. The summed E-state index contributed by atoms with van der Waals surface area (Å²) in [4.78, 5) is 5.37. The minimum absolute atomic E-state index is 0.372. The fourth-order valence-corrected chi connectivity index (χ4v) is 3.88. The molecule has 3 heteroatoms. The van der Waals surface area contributed by atoms with Gasteiger partial charge in [0.05, 0.1) is 0 Å². The Morgan fingerprint density at radius 1 is 1.10 bits per heavy atom. The summed E-state index contributed by atoms with van der Waals surface area (Å²) < 4.78 is 0. The van der Waals surface area contributed by atoms with Crippen LogP contribution in [0.3, 0.4) is 0 Å². The average Bonchev–Trinajstić information content (AvgIpc) is 2.50. The van der Waals surface area contributed by atoms with Crippen LogP contribution in [0.4, 0.5) is 0 Å². The molecule has 2 aliphatic heterocycles. The molecule has 0 saturated carbocycles. The molecule has 2 aliphatic rings. The number of likely N-dealkylation sites (tertiary alicyclic amines) is 1. The fourth-order valence-electron chi connectivity index (χ4n) is 3.88. The molecule has 0 amide bonds. The summed E-state index contributed by atoms with van der Waals surface area (Å²) >= 11 is 0. The monoisotopic (exact) mass is 281 g/mol. The zero-order chi connectivity index (χ0) is 14.6. The first-order chi connectivity index (χ1) is 9.62. The smallest absolute Gasteiger partial charge is 0.0304 e. The first-order valence-electron chi connectivity index (χ1n) is 8.84. The van der Waals surface area contributed by atoms with Crippen LogP contribution in [0.2, 0.25) is 0 Å². The largest absolute Gasteiger partial charge is 0.308 e. The molecule has 1 N–H and O–H groups in total. The highest BCUT2D eigenvalue weighted by atomic mass is 15.3. The Morgan fingerprint density at radius 3 is 2.30 bits per heavy atom. The van der Waals surface area contributed by atoms with Crippen LogP contribution < -0.4 is 5.32 Å². The van der Waals surface area contributed by atoms with E-state index in [2.05, 4.69) is 42.8 Å². The van der Waals surface area contributed by atoms with Crippen LogP contribution >= 0.6 is 0 Å². The van der Waals surface area contributed by atoms with E-state index in [1.165, 1.54) is 58.4 Å². The summed E-state index contributed by atoms with van der Waals surface area (Å²) in [5, 5.41) is 3.82. The van der Waals surface area contributed by atoms with Crippen molar-refractivity contribution in [2.45, 2.75) is 65.0 Å². The normalized spacial score (nSPS) is 29.7. The fraction of sp³-hybridized carbons (Fsp3) is 1.00. The lowest BCUT2D eigenvalue weighted by Crippen LogP contribution is -2.63. The Morgan fingerprint density at radius 2 is 1.75 bits per heavy atom. The van der Waals surface area contributed by atoms with Gasteiger partial charge in [0.25, 0.3) is 0 Å². The van der Waals surface area contributed by atoms with Crippen LogP contribution in [-0.2, 0) is 0 Å². The van der Waals surface area contributed by atoms with Gasteiger partial charge in [-0.1, -0.05) is 20.8 Å². The van der Waals surface area contributed by atoms with Crippen molar-refractivity contribution in [1.29, 1.82) is 0 Å². The van der Waals surface area contributed by atoms with E-state index in [9.17, 15) is 0 Å². The van der Waals surface area contributed by atoms with Gasteiger partial charge in [0.1, 0.15) is 0 Å². The van der Waals surface area contributed by atoms with E-state index in [1.54, 1.807) is 0 Å². The van der Waals surface area contributed by atoms with Crippen molar-refractivity contribution in [2.75, 3.05) is 39.3 Å². The Kier molecular flexibility index (Phi) is 5.88. The van der Waals surface area contributed by atoms with Crippen molar-refractivity contribution in [3.8, 4) is 0 Å². The van der Waals surface area contributed by atoms with E-state index in [0.29, 0.717) is 11.6 Å². The van der Waals surface area contributed by atoms with Gasteiger partial charge in [-0.05, 0) is 58.2 Å². The van der Waals surface area contributed by atoms with Crippen molar-refractivity contribution in [3.05, 3.63) is 0 Å². The molecule has 0 spiro atoms. The van der Waals surface area contributed by atoms with Crippen LogP contribution in [0.5, 0.6) is 0 Å². The molecule has 1 unspecified atom stereocenters. The van der Waals surface area contributed by atoms with Crippen molar-refractivity contribution < 1.29 is 0 Å². The number of rotatable bonds is 5. The quantitative estimate of drug-likeness (QED) is 0.835. The Hall–Kier alpha value is -0.120. The summed E-state index contributed by atoms with van der Waals surface area (Å²) in [7, 11) is 0. The summed E-state index contributed by atoms with van der Waals surface area (Å²) in [6.45, 7) is 16.9. The second kappa shape index (κ2) is 7.24. The standard InChI is InChI=1S/C17H35N3/c1-5-17(6-2)14-20(15(4)12-18-17)13-16-8-10-19(7-3)11-9-16/h15-16,18H,5-14H2,1-4H3. The van der Waals surface area contributed by atoms with Gasteiger partial charge in [0.2, 0.25) is 0 Å². The summed E-state index contributed by atoms with van der Waals surface area (Å²) in [6.07, 6.45) is 5.30. The lowest BCUT2D eigenvalue weighted by Gasteiger charge is -2.48. The highest BCUT2D eigenvalue weighted by Gasteiger charge is 2.36. The summed E-state index contributed by atoms with van der Waals surface area (Å²) in [5.74, 6) is 0.921. The maximum Gasteiger partial charge on any atom is 0.0304 e. The van der Waals surface area contributed by atoms with Crippen molar-refractivity contribution in [1.82, 2.24) is 15.1 Å². The van der Waals surface area contributed by atoms with Crippen LogP contribution in [-0.4, -0.2) is 60.6 Å². The molecular weight excluding hydrogens is 246 g/mol. The molecule has 0 bridgehead atoms. The van der Waals surface area contributed by atoms with E-state index in [-0.39, 0.29) is 0 Å². The molecule has 2 rings (SSSR count). The lowest BCUT2D eigenvalue weighted by atomic mass is 9.87. The SMILES string of the molecule is CCN1CCC(CN2CC(CC)(CC)NCC2C)CC1.